The summed E-state index contributed by atoms with van der Waals surface area (Å²) in [5, 5.41) is 0.916. The fourth-order valence-corrected chi connectivity index (χ4v) is 2.40. The first-order valence-electron chi connectivity index (χ1n) is 7.61. The lowest BCUT2D eigenvalue weighted by Gasteiger charge is -2.07. The second-order valence-electron chi connectivity index (χ2n) is 5.21. The van der Waals surface area contributed by atoms with E-state index in [0.717, 1.165) is 16.7 Å². The van der Waals surface area contributed by atoms with Gasteiger partial charge in [0.15, 0.2) is 0 Å². The average Bonchev–Trinajstić information content (AvgIpc) is 2.96. The molecule has 0 N–H and O–H groups in total. The van der Waals surface area contributed by atoms with Gasteiger partial charge in [-0.1, -0.05) is 18.2 Å². The van der Waals surface area contributed by atoms with E-state index in [1.165, 1.54) is 0 Å². The van der Waals surface area contributed by atoms with Crippen LogP contribution in [0.4, 0.5) is 0 Å². The summed E-state index contributed by atoms with van der Waals surface area (Å²) in [6.07, 6.45) is 0. The third kappa shape index (κ3) is 3.35. The summed E-state index contributed by atoms with van der Waals surface area (Å²) in [6.45, 7) is 2.25. The highest BCUT2D eigenvalue weighted by atomic mass is 16.6. The highest BCUT2D eigenvalue weighted by Crippen LogP contribution is 2.25. The number of carbonyl (C=O) groups is 1. The Hall–Kier alpha value is -2.95. The van der Waals surface area contributed by atoms with Crippen LogP contribution in [0.3, 0.4) is 0 Å². The van der Waals surface area contributed by atoms with Crippen molar-refractivity contribution in [3.8, 4) is 11.5 Å². The minimum absolute atomic E-state index is 0.140. The lowest BCUT2D eigenvalue weighted by molar-refractivity contribution is 0.0416. The Balaban J connectivity index is 1.54. The van der Waals surface area contributed by atoms with Crippen molar-refractivity contribution < 1.29 is 23.4 Å². The zero-order valence-electron chi connectivity index (χ0n) is 13.6. The molecule has 0 unspecified atom stereocenters. The van der Waals surface area contributed by atoms with E-state index in [1.54, 1.807) is 31.4 Å². The first-order valence-corrected chi connectivity index (χ1v) is 7.61. The van der Waals surface area contributed by atoms with Crippen LogP contribution in [-0.4, -0.2) is 26.3 Å². The first-order chi connectivity index (χ1) is 11.7. The van der Waals surface area contributed by atoms with E-state index < -0.39 is 5.97 Å². The molecule has 1 aromatic heterocycles. The van der Waals surface area contributed by atoms with Crippen LogP contribution in [0.25, 0.3) is 11.0 Å². The molecular weight excluding hydrogens is 308 g/mol. The highest BCUT2D eigenvalue weighted by Gasteiger charge is 2.18. The number of carbonyl (C=O) groups excluding carboxylic acids is 1. The number of rotatable bonds is 6. The van der Waals surface area contributed by atoms with Crippen molar-refractivity contribution in [3.63, 3.8) is 0 Å². The van der Waals surface area contributed by atoms with Crippen LogP contribution in [0, 0.1) is 6.92 Å². The fourth-order valence-electron chi connectivity index (χ4n) is 2.40. The van der Waals surface area contributed by atoms with Crippen LogP contribution in [0.5, 0.6) is 11.5 Å². The van der Waals surface area contributed by atoms with Gasteiger partial charge in [-0.05, 0) is 37.3 Å². The quantitative estimate of drug-likeness (QED) is 0.506. The summed E-state index contributed by atoms with van der Waals surface area (Å²) in [4.78, 5) is 12.1. The number of esters is 1. The normalized spacial score (nSPS) is 10.6. The van der Waals surface area contributed by atoms with Gasteiger partial charge in [-0.15, -0.1) is 0 Å². The maximum absolute atomic E-state index is 12.1. The van der Waals surface area contributed by atoms with Crippen LogP contribution >= 0.6 is 0 Å². The lowest BCUT2D eigenvalue weighted by Crippen LogP contribution is -2.12. The van der Waals surface area contributed by atoms with Gasteiger partial charge >= 0.3 is 5.97 Å². The van der Waals surface area contributed by atoms with Gasteiger partial charge in [-0.2, -0.15) is 0 Å². The van der Waals surface area contributed by atoms with E-state index in [9.17, 15) is 4.79 Å². The summed E-state index contributed by atoms with van der Waals surface area (Å²) in [6, 6.07) is 14.7. The largest absolute Gasteiger partial charge is 0.497 e. The monoisotopic (exact) mass is 326 g/mol. The molecule has 5 heteroatoms. The Morgan fingerprint density at radius 1 is 1.00 bits per heavy atom. The van der Waals surface area contributed by atoms with Gasteiger partial charge in [0.05, 0.1) is 7.11 Å². The average molecular weight is 326 g/mol. The first kappa shape index (κ1) is 15.9. The molecule has 5 nitrogen and oxygen atoms in total. The summed E-state index contributed by atoms with van der Waals surface area (Å²) in [5.41, 5.74) is 1.46. The summed E-state index contributed by atoms with van der Waals surface area (Å²) < 4.78 is 21.4. The molecule has 24 heavy (non-hydrogen) atoms. The summed E-state index contributed by atoms with van der Waals surface area (Å²) in [5.74, 6) is 1.20. The van der Waals surface area contributed by atoms with Crippen molar-refractivity contribution in [1.29, 1.82) is 0 Å². The number of hydrogen-bond donors (Lipinski definition) is 0. The van der Waals surface area contributed by atoms with Gasteiger partial charge in [0.1, 0.15) is 30.3 Å². The molecule has 1 heterocycles. The molecule has 2 aromatic carbocycles. The van der Waals surface area contributed by atoms with Gasteiger partial charge in [0.25, 0.3) is 0 Å². The molecular formula is C19H18O5. The predicted octanol–water partition coefficient (Wildman–Crippen LogP) is 3.99. The van der Waals surface area contributed by atoms with E-state index in [1.807, 2.05) is 31.2 Å². The second-order valence-corrected chi connectivity index (χ2v) is 5.21. The molecule has 0 spiro atoms. The summed E-state index contributed by atoms with van der Waals surface area (Å²) >= 11 is 0. The zero-order valence-corrected chi connectivity index (χ0v) is 13.6. The van der Waals surface area contributed by atoms with Crippen molar-refractivity contribution >= 4 is 16.9 Å². The molecule has 0 bridgehead atoms. The number of ether oxygens (including phenoxy) is 3. The number of furan rings is 1. The molecule has 0 aliphatic heterocycles. The molecule has 3 rings (SSSR count). The zero-order chi connectivity index (χ0) is 16.9. The number of para-hydroxylation sites is 1. The van der Waals surface area contributed by atoms with E-state index in [0.29, 0.717) is 11.3 Å². The Morgan fingerprint density at radius 3 is 2.42 bits per heavy atom. The van der Waals surface area contributed by atoms with Crippen LogP contribution in [0.1, 0.15) is 16.1 Å². The minimum atomic E-state index is -0.484. The number of hydrogen-bond acceptors (Lipinski definition) is 5. The van der Waals surface area contributed by atoms with Gasteiger partial charge in [0, 0.05) is 10.9 Å². The minimum Gasteiger partial charge on any atom is -0.497 e. The molecule has 0 radical (unpaired) electrons. The highest BCUT2D eigenvalue weighted by molar-refractivity contribution is 5.95. The Labute approximate surface area is 139 Å². The van der Waals surface area contributed by atoms with Crippen LogP contribution < -0.4 is 9.47 Å². The van der Waals surface area contributed by atoms with E-state index in [2.05, 4.69) is 0 Å². The fraction of sp³-hybridized carbons (Fsp3) is 0.211. The van der Waals surface area contributed by atoms with Crippen molar-refractivity contribution in [1.82, 2.24) is 0 Å². The van der Waals surface area contributed by atoms with Crippen LogP contribution in [-0.2, 0) is 4.74 Å². The van der Waals surface area contributed by atoms with Crippen LogP contribution in [0.15, 0.2) is 52.9 Å². The SMILES string of the molecule is COc1ccc(OCCOC(=O)c2oc3ccccc3c2C)cc1. The molecule has 0 saturated carbocycles. The molecule has 124 valence electrons. The van der Waals surface area contributed by atoms with E-state index in [-0.39, 0.29) is 19.0 Å². The lowest BCUT2D eigenvalue weighted by atomic mass is 10.1. The van der Waals surface area contributed by atoms with Gasteiger partial charge in [-0.25, -0.2) is 4.79 Å². The molecule has 0 saturated heterocycles. The Morgan fingerprint density at radius 2 is 1.71 bits per heavy atom. The summed E-state index contributed by atoms with van der Waals surface area (Å²) in [7, 11) is 1.61. The Bertz CT molecular complexity index is 833. The van der Waals surface area contributed by atoms with Gasteiger partial charge in [0.2, 0.25) is 5.76 Å². The molecule has 0 amide bonds. The maximum atomic E-state index is 12.1. The van der Waals surface area contributed by atoms with Crippen LogP contribution in [0.2, 0.25) is 0 Å². The molecule has 0 fully saturated rings. The van der Waals surface area contributed by atoms with Gasteiger partial charge < -0.3 is 18.6 Å². The topological polar surface area (TPSA) is 57.9 Å². The molecule has 0 aliphatic rings. The number of fused-ring (bicyclic) bond motifs is 1. The predicted molar refractivity (Wildman–Crippen MR) is 89.7 cm³/mol. The van der Waals surface area contributed by atoms with Crippen molar-refractivity contribution in [3.05, 3.63) is 59.9 Å². The standard InChI is InChI=1S/C19H18O5/c1-13-16-5-3-4-6-17(16)24-18(13)19(20)23-12-11-22-15-9-7-14(21-2)8-10-15/h3-10H,11-12H2,1-2H3. The van der Waals surface area contributed by atoms with E-state index in [4.69, 9.17) is 18.6 Å². The Kier molecular flexibility index (Phi) is 4.70. The molecule has 0 aliphatic carbocycles. The van der Waals surface area contributed by atoms with E-state index >= 15 is 0 Å². The molecule has 3 aromatic rings. The third-order valence-electron chi connectivity index (χ3n) is 3.67. The second kappa shape index (κ2) is 7.08. The number of aryl methyl sites for hydroxylation is 1. The maximum Gasteiger partial charge on any atom is 0.374 e. The molecule has 0 atom stereocenters. The smallest absolute Gasteiger partial charge is 0.374 e. The third-order valence-corrected chi connectivity index (χ3v) is 3.67. The van der Waals surface area contributed by atoms with Gasteiger partial charge in [-0.3, -0.25) is 0 Å². The van der Waals surface area contributed by atoms with Crippen molar-refractivity contribution in [2.45, 2.75) is 6.92 Å². The number of methoxy groups -OCH3 is 1. The van der Waals surface area contributed by atoms with Crippen molar-refractivity contribution in [2.24, 2.45) is 0 Å². The number of benzene rings is 2. The van der Waals surface area contributed by atoms with Crippen molar-refractivity contribution in [2.75, 3.05) is 20.3 Å².